The first kappa shape index (κ1) is 13.7. The Balaban J connectivity index is 1.83. The van der Waals surface area contributed by atoms with Crippen LogP contribution in [0.25, 0.3) is 5.65 Å². The average molecular weight is 317 g/mol. The van der Waals surface area contributed by atoms with Crippen molar-refractivity contribution in [2.24, 2.45) is 0 Å². The second-order valence-electron chi connectivity index (χ2n) is 4.50. The number of halogens is 2. The Morgan fingerprint density at radius 3 is 2.76 bits per heavy atom. The van der Waals surface area contributed by atoms with Crippen LogP contribution in [0.5, 0.6) is 0 Å². The fraction of sp³-hybridized carbons (Fsp3) is 0.0667. The molecule has 0 aliphatic carbocycles. The number of rotatable bonds is 3. The van der Waals surface area contributed by atoms with Gasteiger partial charge >= 0.3 is 0 Å². The van der Waals surface area contributed by atoms with Gasteiger partial charge in [0.05, 0.1) is 28.5 Å². The lowest BCUT2D eigenvalue weighted by Gasteiger charge is -2.06. The summed E-state index contributed by atoms with van der Waals surface area (Å²) in [6.45, 7) is 0.494. The number of nitrogens with zero attached hydrogens (tertiary/aromatic N) is 3. The van der Waals surface area contributed by atoms with Gasteiger partial charge in [-0.15, -0.1) is 0 Å². The van der Waals surface area contributed by atoms with Crippen molar-refractivity contribution in [3.05, 3.63) is 64.0 Å². The Labute approximate surface area is 131 Å². The molecule has 6 heteroatoms. The van der Waals surface area contributed by atoms with Gasteiger partial charge in [-0.3, -0.25) is 0 Å². The zero-order valence-corrected chi connectivity index (χ0v) is 12.4. The molecule has 4 nitrogen and oxygen atoms in total. The highest BCUT2D eigenvalue weighted by atomic mass is 35.5. The van der Waals surface area contributed by atoms with E-state index in [9.17, 15) is 0 Å². The Morgan fingerprint density at radius 2 is 1.95 bits per heavy atom. The number of nitriles is 1. The number of nitrogens with one attached hydrogen (secondary N) is 1. The molecule has 0 fully saturated rings. The number of fused-ring (bicyclic) bond motifs is 1. The fourth-order valence-corrected chi connectivity index (χ4v) is 2.39. The molecule has 0 amide bonds. The van der Waals surface area contributed by atoms with E-state index in [1.807, 2.05) is 16.7 Å². The van der Waals surface area contributed by atoms with Gasteiger partial charge in [-0.05, 0) is 30.3 Å². The summed E-state index contributed by atoms with van der Waals surface area (Å²) in [5.41, 5.74) is 2.91. The lowest BCUT2D eigenvalue weighted by atomic mass is 10.2. The van der Waals surface area contributed by atoms with Crippen molar-refractivity contribution in [3.63, 3.8) is 0 Å². The monoisotopic (exact) mass is 316 g/mol. The highest BCUT2D eigenvalue weighted by Gasteiger charge is 2.05. The number of imidazole rings is 1. The average Bonchev–Trinajstić information content (AvgIpc) is 2.87. The van der Waals surface area contributed by atoms with Crippen LogP contribution in [-0.2, 0) is 6.54 Å². The molecule has 21 heavy (non-hydrogen) atoms. The lowest BCUT2D eigenvalue weighted by Crippen LogP contribution is -2.01. The van der Waals surface area contributed by atoms with Crippen LogP contribution < -0.4 is 5.32 Å². The molecular weight excluding hydrogens is 307 g/mol. The van der Waals surface area contributed by atoms with Gasteiger partial charge in [0.2, 0.25) is 0 Å². The predicted molar refractivity (Wildman–Crippen MR) is 83.7 cm³/mol. The summed E-state index contributed by atoms with van der Waals surface area (Å²) in [6, 6.07) is 10.9. The zero-order valence-electron chi connectivity index (χ0n) is 10.8. The van der Waals surface area contributed by atoms with Crippen LogP contribution in [0.4, 0.5) is 5.69 Å². The molecule has 3 aromatic rings. The summed E-state index contributed by atoms with van der Waals surface area (Å²) < 4.78 is 1.86. The van der Waals surface area contributed by atoms with Gasteiger partial charge in [-0.2, -0.15) is 5.26 Å². The van der Waals surface area contributed by atoms with Crippen molar-refractivity contribution in [1.82, 2.24) is 9.38 Å². The summed E-state index contributed by atoms with van der Waals surface area (Å²) >= 11 is 11.9. The maximum absolute atomic E-state index is 9.08. The summed E-state index contributed by atoms with van der Waals surface area (Å²) in [6.07, 6.45) is 3.69. The number of aromatic nitrogens is 2. The highest BCUT2D eigenvalue weighted by Crippen LogP contribution is 2.21. The summed E-state index contributed by atoms with van der Waals surface area (Å²) in [7, 11) is 0. The number of hydrogen-bond donors (Lipinski definition) is 1. The van der Waals surface area contributed by atoms with Crippen molar-refractivity contribution in [2.75, 3.05) is 5.32 Å². The molecule has 0 unspecified atom stereocenters. The maximum Gasteiger partial charge on any atom is 0.137 e. The number of hydrogen-bond acceptors (Lipinski definition) is 3. The molecule has 0 saturated heterocycles. The van der Waals surface area contributed by atoms with E-state index in [4.69, 9.17) is 28.5 Å². The van der Waals surface area contributed by atoms with E-state index >= 15 is 0 Å². The summed E-state index contributed by atoms with van der Waals surface area (Å²) in [4.78, 5) is 4.47. The molecule has 104 valence electrons. The first-order chi connectivity index (χ1) is 10.2. The topological polar surface area (TPSA) is 53.1 Å². The standard InChI is InChI=1S/C15H10Cl2N4/c16-11-2-1-10(6-18)14(5-11)19-7-13-9-21-8-12(17)3-4-15(21)20-13/h1-5,8-9,19H,7H2. The van der Waals surface area contributed by atoms with Gasteiger partial charge in [0.15, 0.2) is 0 Å². The van der Waals surface area contributed by atoms with E-state index in [1.54, 1.807) is 30.5 Å². The Bertz CT molecular complexity index is 848. The minimum atomic E-state index is 0.494. The molecule has 1 aromatic carbocycles. The quantitative estimate of drug-likeness (QED) is 0.790. The van der Waals surface area contributed by atoms with Crippen LogP contribution in [0, 0.1) is 11.3 Å². The van der Waals surface area contributed by atoms with E-state index in [2.05, 4.69) is 16.4 Å². The van der Waals surface area contributed by atoms with Gasteiger partial charge in [-0.25, -0.2) is 4.98 Å². The Kier molecular flexibility index (Phi) is 3.70. The molecule has 0 aliphatic rings. The van der Waals surface area contributed by atoms with E-state index < -0.39 is 0 Å². The molecular formula is C15H10Cl2N4. The minimum absolute atomic E-state index is 0.494. The highest BCUT2D eigenvalue weighted by molar-refractivity contribution is 6.31. The van der Waals surface area contributed by atoms with Gasteiger partial charge in [0.25, 0.3) is 0 Å². The third kappa shape index (κ3) is 2.94. The van der Waals surface area contributed by atoms with Crippen molar-refractivity contribution in [2.45, 2.75) is 6.54 Å². The van der Waals surface area contributed by atoms with E-state index in [0.717, 1.165) is 11.3 Å². The number of anilines is 1. The SMILES string of the molecule is N#Cc1ccc(Cl)cc1NCc1cn2cc(Cl)ccc2n1. The van der Waals surface area contributed by atoms with Crippen LogP contribution in [0.2, 0.25) is 10.0 Å². The van der Waals surface area contributed by atoms with Gasteiger partial charge in [-0.1, -0.05) is 23.2 Å². The predicted octanol–water partition coefficient (Wildman–Crippen LogP) is 4.12. The molecule has 0 aliphatic heterocycles. The molecule has 0 saturated carbocycles. The van der Waals surface area contributed by atoms with Gasteiger partial charge in [0, 0.05) is 17.4 Å². The Morgan fingerprint density at radius 1 is 1.14 bits per heavy atom. The van der Waals surface area contributed by atoms with Gasteiger partial charge in [0.1, 0.15) is 11.7 Å². The lowest BCUT2D eigenvalue weighted by molar-refractivity contribution is 1.08. The largest absolute Gasteiger partial charge is 0.378 e. The molecule has 2 heterocycles. The first-order valence-electron chi connectivity index (χ1n) is 6.22. The van der Waals surface area contributed by atoms with Crippen molar-refractivity contribution < 1.29 is 0 Å². The number of benzene rings is 1. The molecule has 2 aromatic heterocycles. The van der Waals surface area contributed by atoms with Crippen molar-refractivity contribution >= 4 is 34.5 Å². The summed E-state index contributed by atoms with van der Waals surface area (Å²) in [5.74, 6) is 0. The van der Waals surface area contributed by atoms with E-state index in [1.165, 1.54) is 0 Å². The zero-order chi connectivity index (χ0) is 14.8. The molecule has 1 N–H and O–H groups in total. The molecule has 3 rings (SSSR count). The normalized spacial score (nSPS) is 10.5. The third-order valence-electron chi connectivity index (χ3n) is 3.03. The summed E-state index contributed by atoms with van der Waals surface area (Å²) in [5, 5.41) is 13.5. The van der Waals surface area contributed by atoms with Gasteiger partial charge < -0.3 is 9.72 Å². The fourth-order valence-electron chi connectivity index (χ4n) is 2.05. The first-order valence-corrected chi connectivity index (χ1v) is 6.98. The number of pyridine rings is 1. The third-order valence-corrected chi connectivity index (χ3v) is 3.49. The van der Waals surface area contributed by atoms with E-state index in [0.29, 0.717) is 27.8 Å². The minimum Gasteiger partial charge on any atom is -0.378 e. The Hall–Kier alpha value is -2.22. The van der Waals surface area contributed by atoms with Crippen LogP contribution >= 0.6 is 23.2 Å². The molecule has 0 atom stereocenters. The van der Waals surface area contributed by atoms with Crippen LogP contribution in [0.3, 0.4) is 0 Å². The molecule has 0 spiro atoms. The van der Waals surface area contributed by atoms with E-state index in [-0.39, 0.29) is 0 Å². The van der Waals surface area contributed by atoms with Crippen molar-refractivity contribution in [1.29, 1.82) is 5.26 Å². The van der Waals surface area contributed by atoms with Crippen LogP contribution in [-0.4, -0.2) is 9.38 Å². The maximum atomic E-state index is 9.08. The molecule has 0 bridgehead atoms. The second kappa shape index (κ2) is 5.65. The second-order valence-corrected chi connectivity index (χ2v) is 5.37. The smallest absolute Gasteiger partial charge is 0.137 e. The van der Waals surface area contributed by atoms with Crippen LogP contribution in [0.1, 0.15) is 11.3 Å². The van der Waals surface area contributed by atoms with Crippen LogP contribution in [0.15, 0.2) is 42.7 Å². The van der Waals surface area contributed by atoms with Crippen molar-refractivity contribution in [3.8, 4) is 6.07 Å². The molecule has 0 radical (unpaired) electrons.